The zero-order chi connectivity index (χ0) is 30.4. The number of hydrogen-bond acceptors (Lipinski definition) is 5. The molecule has 0 unspecified atom stereocenters. The van der Waals surface area contributed by atoms with Crippen LogP contribution >= 0.6 is 0 Å². The fourth-order valence-corrected chi connectivity index (χ4v) is 4.18. The van der Waals surface area contributed by atoms with E-state index in [9.17, 15) is 14.4 Å². The van der Waals surface area contributed by atoms with Crippen molar-refractivity contribution in [1.29, 1.82) is 0 Å². The summed E-state index contributed by atoms with van der Waals surface area (Å²) in [6.07, 6.45) is 8.10. The van der Waals surface area contributed by atoms with Gasteiger partial charge in [0.1, 0.15) is 11.5 Å². The van der Waals surface area contributed by atoms with E-state index in [1.807, 2.05) is 68.4 Å². The summed E-state index contributed by atoms with van der Waals surface area (Å²) < 4.78 is 11.2. The van der Waals surface area contributed by atoms with Gasteiger partial charge in [-0.3, -0.25) is 14.4 Å². The summed E-state index contributed by atoms with van der Waals surface area (Å²) in [5.74, 6) is 0.540. The smallest absolute Gasteiger partial charge is 0.248 e. The summed E-state index contributed by atoms with van der Waals surface area (Å²) in [6.45, 7) is 5.38. The first-order valence-corrected chi connectivity index (χ1v) is 14.4. The molecule has 0 saturated carbocycles. The molecule has 0 heterocycles. The van der Waals surface area contributed by atoms with Gasteiger partial charge in [0.25, 0.3) is 0 Å². The molecule has 4 aromatic rings. The van der Waals surface area contributed by atoms with Gasteiger partial charge in [-0.05, 0) is 78.6 Å². The first kappa shape index (κ1) is 30.7. The van der Waals surface area contributed by atoms with Crippen molar-refractivity contribution in [2.45, 2.75) is 26.7 Å². The zero-order valence-corrected chi connectivity index (χ0v) is 24.4. The highest BCUT2D eigenvalue weighted by Crippen LogP contribution is 2.22. The summed E-state index contributed by atoms with van der Waals surface area (Å²) in [7, 11) is 0. The Kier molecular flexibility index (Phi) is 11.2. The number of ether oxygens (including phenoxy) is 2. The molecular weight excluding hydrogens is 538 g/mol. The predicted octanol–water partition coefficient (Wildman–Crippen LogP) is 8.04. The molecule has 43 heavy (non-hydrogen) atoms. The van der Waals surface area contributed by atoms with Crippen LogP contribution in [0.4, 0.5) is 5.69 Å². The number of amides is 1. The molecule has 0 aromatic heterocycles. The third-order valence-corrected chi connectivity index (χ3v) is 6.39. The molecule has 0 saturated heterocycles. The van der Waals surface area contributed by atoms with E-state index >= 15 is 0 Å². The number of benzene rings is 4. The van der Waals surface area contributed by atoms with Crippen LogP contribution < -0.4 is 14.8 Å². The number of nitrogens with one attached hydrogen (secondary N) is 1. The molecule has 0 aliphatic heterocycles. The van der Waals surface area contributed by atoms with E-state index in [2.05, 4.69) is 5.32 Å². The van der Waals surface area contributed by atoms with Crippen molar-refractivity contribution < 1.29 is 23.9 Å². The Balaban J connectivity index is 1.52. The van der Waals surface area contributed by atoms with Crippen LogP contribution in [0, 0.1) is 0 Å². The van der Waals surface area contributed by atoms with E-state index in [-0.39, 0.29) is 28.6 Å². The minimum absolute atomic E-state index is 0.202. The van der Waals surface area contributed by atoms with E-state index in [0.717, 1.165) is 35.5 Å². The van der Waals surface area contributed by atoms with Crippen molar-refractivity contribution in [1.82, 2.24) is 0 Å². The molecule has 0 bridgehead atoms. The molecule has 0 fully saturated rings. The Morgan fingerprint density at radius 3 is 1.77 bits per heavy atom. The van der Waals surface area contributed by atoms with Crippen LogP contribution in [0.1, 0.15) is 64.1 Å². The van der Waals surface area contributed by atoms with Crippen LogP contribution in [0.15, 0.2) is 109 Å². The first-order chi connectivity index (χ1) is 21.0. The van der Waals surface area contributed by atoms with Gasteiger partial charge in [-0.15, -0.1) is 0 Å². The molecule has 4 rings (SSSR count). The van der Waals surface area contributed by atoms with Gasteiger partial charge in [0, 0.05) is 28.5 Å². The summed E-state index contributed by atoms with van der Waals surface area (Å²) in [5.41, 5.74) is 2.96. The second kappa shape index (κ2) is 15.7. The molecule has 1 amide bonds. The monoisotopic (exact) mass is 573 g/mol. The quantitative estimate of drug-likeness (QED) is 0.122. The Bertz CT molecular complexity index is 1590. The zero-order valence-electron chi connectivity index (χ0n) is 24.4. The molecule has 4 aromatic carbocycles. The van der Waals surface area contributed by atoms with Crippen molar-refractivity contribution in [2.75, 3.05) is 18.5 Å². The van der Waals surface area contributed by atoms with Gasteiger partial charge >= 0.3 is 0 Å². The normalized spacial score (nSPS) is 11.0. The third kappa shape index (κ3) is 9.13. The highest BCUT2D eigenvalue weighted by molar-refractivity contribution is 6.19. The molecule has 6 heteroatoms. The molecular formula is C37H35NO5. The number of carbonyl (C=O) groups excluding carboxylic acids is 3. The number of allylic oxidation sites excluding steroid dienone is 1. The van der Waals surface area contributed by atoms with Gasteiger partial charge in [-0.1, -0.05) is 74.5 Å². The molecule has 0 aliphatic carbocycles. The number of carbonyl (C=O) groups is 3. The van der Waals surface area contributed by atoms with Gasteiger partial charge in [-0.2, -0.15) is 0 Å². The van der Waals surface area contributed by atoms with Crippen LogP contribution in [0.5, 0.6) is 11.5 Å². The van der Waals surface area contributed by atoms with Crippen LogP contribution in [0.25, 0.3) is 12.2 Å². The second-order valence-corrected chi connectivity index (χ2v) is 9.81. The van der Waals surface area contributed by atoms with E-state index < -0.39 is 0 Å². The van der Waals surface area contributed by atoms with Gasteiger partial charge in [0.05, 0.1) is 13.2 Å². The number of rotatable bonds is 14. The summed E-state index contributed by atoms with van der Waals surface area (Å²) in [5, 5.41) is 2.80. The predicted molar refractivity (Wildman–Crippen MR) is 172 cm³/mol. The standard InChI is InChI=1S/C37H35NO5/c1-3-24-42-31-17-10-27(11-18-31)14-22-35(39)33-21-16-30(26-34(33)37(41)29-8-6-5-7-9-29)38-36(40)23-15-28-12-19-32(20-13-28)43-25-4-2/h5-23,26H,3-4,24-25H2,1-2H3,(H,38,40)/b22-14-,23-15-. The van der Waals surface area contributed by atoms with Gasteiger partial charge in [0.2, 0.25) is 5.91 Å². The van der Waals surface area contributed by atoms with Crippen molar-refractivity contribution in [3.05, 3.63) is 137 Å². The summed E-state index contributed by atoms with van der Waals surface area (Å²) in [4.78, 5) is 39.5. The minimum Gasteiger partial charge on any atom is -0.494 e. The number of anilines is 1. The van der Waals surface area contributed by atoms with E-state index in [1.165, 1.54) is 12.2 Å². The minimum atomic E-state index is -0.366. The van der Waals surface area contributed by atoms with E-state index in [1.54, 1.807) is 54.6 Å². The highest BCUT2D eigenvalue weighted by Gasteiger charge is 2.18. The van der Waals surface area contributed by atoms with E-state index in [4.69, 9.17) is 9.47 Å². The Morgan fingerprint density at radius 1 is 0.651 bits per heavy atom. The molecule has 6 nitrogen and oxygen atoms in total. The Hall–Kier alpha value is -5.23. The van der Waals surface area contributed by atoms with Crippen molar-refractivity contribution in [3.8, 4) is 11.5 Å². The highest BCUT2D eigenvalue weighted by atomic mass is 16.5. The first-order valence-electron chi connectivity index (χ1n) is 14.4. The fraction of sp³-hybridized carbons (Fsp3) is 0.162. The molecule has 0 aliphatic rings. The van der Waals surface area contributed by atoms with E-state index in [0.29, 0.717) is 24.5 Å². The maximum absolute atomic E-state index is 13.5. The molecule has 0 spiro atoms. The van der Waals surface area contributed by atoms with Crippen molar-refractivity contribution >= 4 is 35.3 Å². The molecule has 0 radical (unpaired) electrons. The lowest BCUT2D eigenvalue weighted by Gasteiger charge is -2.10. The van der Waals surface area contributed by atoms with Gasteiger partial charge in [0.15, 0.2) is 11.6 Å². The van der Waals surface area contributed by atoms with Crippen LogP contribution in [0.3, 0.4) is 0 Å². The van der Waals surface area contributed by atoms with Crippen LogP contribution in [0.2, 0.25) is 0 Å². The van der Waals surface area contributed by atoms with Crippen molar-refractivity contribution in [3.63, 3.8) is 0 Å². The topological polar surface area (TPSA) is 81.7 Å². The molecule has 218 valence electrons. The summed E-state index contributed by atoms with van der Waals surface area (Å²) in [6, 6.07) is 28.4. The molecule has 0 atom stereocenters. The number of hydrogen-bond donors (Lipinski definition) is 1. The largest absolute Gasteiger partial charge is 0.494 e. The SMILES string of the molecule is CCCOc1ccc(/C=C\C(=O)Nc2ccc(C(=O)/C=C\c3ccc(OCCC)cc3)c(C(=O)c3ccccc3)c2)cc1. The second-order valence-electron chi connectivity index (χ2n) is 9.81. The maximum Gasteiger partial charge on any atom is 0.248 e. The van der Waals surface area contributed by atoms with Gasteiger partial charge in [-0.25, -0.2) is 0 Å². The Morgan fingerprint density at radius 2 is 1.21 bits per heavy atom. The lowest BCUT2D eigenvalue weighted by atomic mass is 9.95. The Labute approximate surface area is 252 Å². The van der Waals surface area contributed by atoms with Crippen LogP contribution in [-0.4, -0.2) is 30.7 Å². The lowest BCUT2D eigenvalue weighted by Crippen LogP contribution is -2.12. The average molecular weight is 574 g/mol. The van der Waals surface area contributed by atoms with Crippen molar-refractivity contribution in [2.24, 2.45) is 0 Å². The fourth-order valence-electron chi connectivity index (χ4n) is 4.18. The number of ketones is 2. The molecule has 1 N–H and O–H groups in total. The lowest BCUT2D eigenvalue weighted by molar-refractivity contribution is -0.111. The maximum atomic E-state index is 13.5. The van der Waals surface area contributed by atoms with Gasteiger partial charge < -0.3 is 14.8 Å². The summed E-state index contributed by atoms with van der Waals surface area (Å²) >= 11 is 0. The third-order valence-electron chi connectivity index (χ3n) is 6.39. The van der Waals surface area contributed by atoms with Crippen LogP contribution in [-0.2, 0) is 4.79 Å². The average Bonchev–Trinajstić information content (AvgIpc) is 3.05.